The van der Waals surface area contributed by atoms with Crippen LogP contribution >= 0.6 is 0 Å². The Morgan fingerprint density at radius 3 is 2.21 bits per heavy atom. The molecule has 0 bridgehead atoms. The summed E-state index contributed by atoms with van der Waals surface area (Å²) in [6, 6.07) is 5.01. The Balaban J connectivity index is 2.00. The van der Waals surface area contributed by atoms with E-state index in [9.17, 15) is 36.0 Å². The highest BCUT2D eigenvalue weighted by Crippen LogP contribution is 2.28. The molecule has 0 saturated carbocycles. The van der Waals surface area contributed by atoms with E-state index in [4.69, 9.17) is 9.47 Å². The van der Waals surface area contributed by atoms with Gasteiger partial charge in [0.2, 0.25) is 15.9 Å². The Morgan fingerprint density at radius 1 is 1.11 bits per heavy atom. The average Bonchev–Trinajstić information content (AvgIpc) is 3.26. The number of halogens is 3. The third kappa shape index (κ3) is 9.15. The number of likely N-dealkylation sites (tertiary alicyclic amines) is 1. The van der Waals surface area contributed by atoms with E-state index in [0.717, 1.165) is 0 Å². The molecule has 1 aliphatic rings. The molecular weight excluding hydrogens is 531 g/mol. The first kappa shape index (κ1) is 31.3. The summed E-state index contributed by atoms with van der Waals surface area (Å²) in [5.74, 6) is -4.38. The lowest BCUT2D eigenvalue weighted by Crippen LogP contribution is -2.51. The molecule has 214 valence electrons. The Bertz CT molecular complexity index is 1100. The SMILES string of the molecule is CO[C@H]([C@@H](C)C(=O)NS(=O)(=O)Cc1ccc(CNC(=O)C(F)(F)F)cc1)[C@@H]1CCCN1C(=O)OC(C)(C)C. The monoisotopic (exact) mass is 565 g/mol. The van der Waals surface area contributed by atoms with Gasteiger partial charge in [-0.05, 0) is 44.7 Å². The van der Waals surface area contributed by atoms with Gasteiger partial charge in [0, 0.05) is 20.2 Å². The van der Waals surface area contributed by atoms with Crippen molar-refractivity contribution in [1.29, 1.82) is 0 Å². The van der Waals surface area contributed by atoms with Gasteiger partial charge in [0.15, 0.2) is 0 Å². The van der Waals surface area contributed by atoms with Crippen LogP contribution < -0.4 is 10.0 Å². The molecule has 38 heavy (non-hydrogen) atoms. The Kier molecular flexibility index (Phi) is 10.2. The smallest absolute Gasteiger partial charge is 0.444 e. The molecule has 1 fully saturated rings. The van der Waals surface area contributed by atoms with E-state index in [1.165, 1.54) is 43.2 Å². The lowest BCUT2D eigenvalue weighted by atomic mass is 9.95. The van der Waals surface area contributed by atoms with Crippen molar-refractivity contribution in [3.63, 3.8) is 0 Å². The molecule has 10 nitrogen and oxygen atoms in total. The average molecular weight is 566 g/mol. The van der Waals surface area contributed by atoms with Gasteiger partial charge in [-0.1, -0.05) is 31.2 Å². The summed E-state index contributed by atoms with van der Waals surface area (Å²) >= 11 is 0. The second kappa shape index (κ2) is 12.3. The van der Waals surface area contributed by atoms with Crippen LogP contribution in [-0.2, 0) is 41.4 Å². The van der Waals surface area contributed by atoms with Gasteiger partial charge in [0.05, 0.1) is 23.8 Å². The van der Waals surface area contributed by atoms with E-state index in [-0.39, 0.29) is 12.1 Å². The van der Waals surface area contributed by atoms with Crippen molar-refractivity contribution in [2.24, 2.45) is 5.92 Å². The van der Waals surface area contributed by atoms with Crippen LogP contribution in [0.4, 0.5) is 18.0 Å². The highest BCUT2D eigenvalue weighted by atomic mass is 32.2. The number of rotatable bonds is 9. The number of nitrogens with zero attached hydrogens (tertiary/aromatic N) is 1. The summed E-state index contributed by atoms with van der Waals surface area (Å²) in [4.78, 5) is 37.9. The molecule has 0 aromatic heterocycles. The van der Waals surface area contributed by atoms with E-state index in [2.05, 4.69) is 0 Å². The van der Waals surface area contributed by atoms with Gasteiger partial charge in [0.25, 0.3) is 0 Å². The first-order valence-corrected chi connectivity index (χ1v) is 13.6. The number of carbonyl (C=O) groups is 3. The summed E-state index contributed by atoms with van der Waals surface area (Å²) in [5, 5.41) is 1.72. The zero-order valence-corrected chi connectivity index (χ0v) is 22.7. The second-order valence-corrected chi connectivity index (χ2v) is 11.8. The maximum absolute atomic E-state index is 12.9. The molecule has 1 aromatic rings. The van der Waals surface area contributed by atoms with E-state index < -0.39 is 63.5 Å². The maximum atomic E-state index is 12.9. The number of amides is 3. The quantitative estimate of drug-likeness (QED) is 0.471. The maximum Gasteiger partial charge on any atom is 0.471 e. The van der Waals surface area contributed by atoms with Crippen LogP contribution in [0.3, 0.4) is 0 Å². The van der Waals surface area contributed by atoms with Crippen LogP contribution in [0.1, 0.15) is 51.7 Å². The molecule has 0 unspecified atom stereocenters. The molecular formula is C24H34F3N3O7S. The number of hydrogen-bond acceptors (Lipinski definition) is 7. The molecule has 0 radical (unpaired) electrons. The van der Waals surface area contributed by atoms with Gasteiger partial charge >= 0.3 is 18.2 Å². The predicted molar refractivity (Wildman–Crippen MR) is 131 cm³/mol. The first-order valence-electron chi connectivity index (χ1n) is 11.9. The lowest BCUT2D eigenvalue weighted by Gasteiger charge is -2.34. The molecule has 0 aliphatic carbocycles. The molecule has 1 saturated heterocycles. The summed E-state index contributed by atoms with van der Waals surface area (Å²) in [7, 11) is -2.75. The highest BCUT2D eigenvalue weighted by molar-refractivity contribution is 7.89. The first-order chi connectivity index (χ1) is 17.4. The molecule has 1 aliphatic heterocycles. The summed E-state index contributed by atoms with van der Waals surface area (Å²) in [6.45, 7) is 6.76. The standard InChI is InChI=1S/C24H34F3N3O7S/c1-15(19(36-5)18-7-6-12-30(18)22(33)37-23(2,3)4)20(31)29-38(34,35)14-17-10-8-16(9-11-17)13-28-21(32)24(25,26)27/h8-11,15,18-19H,6-7,12-14H2,1-5H3,(H,28,32)(H,29,31)/t15-,18+,19-/m1/s1. The molecule has 3 amide bonds. The van der Waals surface area contributed by atoms with Crippen molar-refractivity contribution < 1.29 is 45.4 Å². The van der Waals surface area contributed by atoms with Crippen LogP contribution in [-0.4, -0.2) is 68.8 Å². The Morgan fingerprint density at radius 2 is 1.68 bits per heavy atom. The fourth-order valence-electron chi connectivity index (χ4n) is 4.06. The molecule has 3 atom stereocenters. The zero-order valence-electron chi connectivity index (χ0n) is 21.9. The van der Waals surface area contributed by atoms with E-state index in [1.807, 2.05) is 4.72 Å². The number of benzene rings is 1. The van der Waals surface area contributed by atoms with Gasteiger partial charge < -0.3 is 19.7 Å². The van der Waals surface area contributed by atoms with Crippen molar-refractivity contribution in [2.75, 3.05) is 13.7 Å². The third-order valence-corrected chi connectivity index (χ3v) is 7.06. The van der Waals surface area contributed by atoms with Crippen molar-refractivity contribution >= 4 is 27.9 Å². The lowest BCUT2D eigenvalue weighted by molar-refractivity contribution is -0.173. The number of alkyl halides is 3. The molecule has 1 heterocycles. The summed E-state index contributed by atoms with van der Waals surface area (Å²) < 4.78 is 75.2. The zero-order chi connectivity index (χ0) is 28.9. The number of sulfonamides is 1. The largest absolute Gasteiger partial charge is 0.471 e. The molecule has 1 aromatic carbocycles. The fourth-order valence-corrected chi connectivity index (χ4v) is 5.26. The van der Waals surface area contributed by atoms with Crippen molar-refractivity contribution in [2.45, 2.75) is 76.8 Å². The third-order valence-electron chi connectivity index (χ3n) is 5.83. The number of ether oxygens (including phenoxy) is 2. The molecule has 0 spiro atoms. The van der Waals surface area contributed by atoms with E-state index in [1.54, 1.807) is 26.1 Å². The Labute approximate surface area is 220 Å². The van der Waals surface area contributed by atoms with Gasteiger partial charge in [-0.3, -0.25) is 14.3 Å². The van der Waals surface area contributed by atoms with Crippen LogP contribution in [0.25, 0.3) is 0 Å². The topological polar surface area (TPSA) is 131 Å². The van der Waals surface area contributed by atoms with Crippen molar-refractivity contribution in [3.05, 3.63) is 35.4 Å². The van der Waals surface area contributed by atoms with Crippen molar-refractivity contribution in [1.82, 2.24) is 14.9 Å². The van der Waals surface area contributed by atoms with Crippen molar-refractivity contribution in [3.8, 4) is 0 Å². The summed E-state index contributed by atoms with van der Waals surface area (Å²) in [6.07, 6.45) is -5.10. The second-order valence-electron chi connectivity index (χ2n) is 10.1. The normalized spacial score (nSPS) is 18.0. The number of carbonyl (C=O) groups excluding carboxylic acids is 3. The van der Waals surface area contributed by atoms with E-state index >= 15 is 0 Å². The number of nitrogens with one attached hydrogen (secondary N) is 2. The number of hydrogen-bond donors (Lipinski definition) is 2. The minimum Gasteiger partial charge on any atom is -0.444 e. The minimum absolute atomic E-state index is 0.277. The minimum atomic E-state index is -5.00. The van der Waals surface area contributed by atoms with Crippen LogP contribution in [0.15, 0.2) is 24.3 Å². The van der Waals surface area contributed by atoms with Gasteiger partial charge in [-0.2, -0.15) is 13.2 Å². The van der Waals surface area contributed by atoms with Crippen LogP contribution in [0.5, 0.6) is 0 Å². The number of methoxy groups -OCH3 is 1. The van der Waals surface area contributed by atoms with Gasteiger partial charge in [0.1, 0.15) is 5.60 Å². The van der Waals surface area contributed by atoms with Crippen LogP contribution in [0, 0.1) is 5.92 Å². The molecule has 2 rings (SSSR count). The van der Waals surface area contributed by atoms with E-state index in [0.29, 0.717) is 24.9 Å². The highest BCUT2D eigenvalue weighted by Gasteiger charge is 2.42. The van der Waals surface area contributed by atoms with Gasteiger partial charge in [-0.25, -0.2) is 13.2 Å². The summed E-state index contributed by atoms with van der Waals surface area (Å²) in [5.41, 5.74) is -0.103. The molecule has 2 N–H and O–H groups in total. The fraction of sp³-hybridized carbons (Fsp3) is 0.625. The molecule has 14 heteroatoms. The van der Waals surface area contributed by atoms with Gasteiger partial charge in [-0.15, -0.1) is 0 Å². The predicted octanol–water partition coefficient (Wildman–Crippen LogP) is 2.86. The van der Waals surface area contributed by atoms with Crippen LogP contribution in [0.2, 0.25) is 0 Å². The Hall–Kier alpha value is -2.87.